The van der Waals surface area contributed by atoms with E-state index in [0.29, 0.717) is 17.3 Å². The number of pyridine rings is 1. The highest BCUT2D eigenvalue weighted by Gasteiger charge is 2.30. The smallest absolute Gasteiger partial charge is 0.226 e. The van der Waals surface area contributed by atoms with Crippen molar-refractivity contribution in [3.63, 3.8) is 0 Å². The second-order valence-electron chi connectivity index (χ2n) is 7.58. The van der Waals surface area contributed by atoms with Crippen LogP contribution in [0.3, 0.4) is 0 Å². The van der Waals surface area contributed by atoms with Gasteiger partial charge in [-0.1, -0.05) is 25.6 Å². The normalized spacial score (nSPS) is 13.4. The predicted molar refractivity (Wildman–Crippen MR) is 116 cm³/mol. The van der Waals surface area contributed by atoms with Crippen molar-refractivity contribution >= 4 is 29.1 Å². The highest BCUT2D eigenvalue weighted by molar-refractivity contribution is 7.99. The van der Waals surface area contributed by atoms with Crippen LogP contribution in [-0.2, 0) is 4.79 Å². The Balaban J connectivity index is 1.43. The minimum Gasteiger partial charge on any atom is -0.326 e. The summed E-state index contributed by atoms with van der Waals surface area (Å²) < 4.78 is 2.12. The van der Waals surface area contributed by atoms with Crippen LogP contribution in [0.15, 0.2) is 53.9 Å². The number of benzene rings is 1. The van der Waals surface area contributed by atoms with Crippen molar-refractivity contribution in [1.29, 1.82) is 0 Å². The van der Waals surface area contributed by atoms with E-state index in [2.05, 4.69) is 25.1 Å². The number of hydrogen-bond acceptors (Lipinski definition) is 6. The van der Waals surface area contributed by atoms with Crippen LogP contribution < -0.4 is 5.32 Å². The molecular weight excluding hydrogens is 398 g/mol. The first-order valence-electron chi connectivity index (χ1n) is 9.95. The van der Waals surface area contributed by atoms with Gasteiger partial charge in [-0.05, 0) is 49.2 Å². The molecule has 0 atom stereocenters. The van der Waals surface area contributed by atoms with Gasteiger partial charge in [-0.2, -0.15) is 0 Å². The van der Waals surface area contributed by atoms with E-state index < -0.39 is 0 Å². The van der Waals surface area contributed by atoms with Crippen molar-refractivity contribution in [2.24, 2.45) is 5.92 Å². The number of ketones is 1. The van der Waals surface area contributed by atoms with Crippen LogP contribution in [0.5, 0.6) is 0 Å². The Bertz CT molecular complexity index is 1040. The molecular formula is C22H23N5O2S. The minimum absolute atomic E-state index is 0.00927. The maximum Gasteiger partial charge on any atom is 0.226 e. The van der Waals surface area contributed by atoms with Crippen LogP contribution in [0.2, 0.25) is 0 Å². The Morgan fingerprint density at radius 3 is 2.57 bits per heavy atom. The summed E-state index contributed by atoms with van der Waals surface area (Å²) in [5.41, 5.74) is 2.22. The maximum absolute atomic E-state index is 12.7. The number of Topliss-reactive ketones (excluding diaryl/α,β-unsaturated/α-hetero) is 1. The first-order valence-corrected chi connectivity index (χ1v) is 10.9. The van der Waals surface area contributed by atoms with Crippen molar-refractivity contribution in [2.45, 2.75) is 37.9 Å². The average molecular weight is 422 g/mol. The summed E-state index contributed by atoms with van der Waals surface area (Å²) in [7, 11) is 0. The lowest BCUT2D eigenvalue weighted by Crippen LogP contribution is -2.17. The molecule has 2 heterocycles. The average Bonchev–Trinajstić information content (AvgIpc) is 3.51. The predicted octanol–water partition coefficient (Wildman–Crippen LogP) is 4.24. The summed E-state index contributed by atoms with van der Waals surface area (Å²) in [6.45, 7) is 3.68. The van der Waals surface area contributed by atoms with Gasteiger partial charge < -0.3 is 5.32 Å². The number of amides is 1. The molecule has 4 rings (SSSR count). The molecule has 1 aromatic carbocycles. The van der Waals surface area contributed by atoms with Crippen LogP contribution >= 0.6 is 11.8 Å². The van der Waals surface area contributed by atoms with Gasteiger partial charge in [0.1, 0.15) is 0 Å². The molecule has 0 unspecified atom stereocenters. The third-order valence-electron chi connectivity index (χ3n) is 4.83. The molecule has 0 aliphatic heterocycles. The first kappa shape index (κ1) is 20.3. The molecule has 3 aromatic rings. The van der Waals surface area contributed by atoms with Crippen molar-refractivity contribution in [3.05, 3.63) is 54.4 Å². The van der Waals surface area contributed by atoms with E-state index in [4.69, 9.17) is 0 Å². The van der Waals surface area contributed by atoms with Crippen LogP contribution in [0.25, 0.3) is 11.4 Å². The topological polar surface area (TPSA) is 89.8 Å². The van der Waals surface area contributed by atoms with E-state index in [1.54, 1.807) is 36.7 Å². The van der Waals surface area contributed by atoms with Crippen molar-refractivity contribution in [2.75, 3.05) is 11.1 Å². The molecule has 2 aromatic heterocycles. The molecule has 7 nitrogen and oxygen atoms in total. The lowest BCUT2D eigenvalue weighted by molar-refractivity contribution is -0.118. The summed E-state index contributed by atoms with van der Waals surface area (Å²) in [6.07, 6.45) is 5.70. The number of nitrogens with one attached hydrogen (secondary N) is 1. The Labute approximate surface area is 179 Å². The number of nitrogens with zero attached hydrogens (tertiary/aromatic N) is 4. The minimum atomic E-state index is -0.0944. The fraction of sp³-hybridized carbons (Fsp3) is 0.318. The first-order chi connectivity index (χ1) is 14.5. The van der Waals surface area contributed by atoms with E-state index >= 15 is 0 Å². The Hall–Kier alpha value is -3.00. The third kappa shape index (κ3) is 4.59. The van der Waals surface area contributed by atoms with Crippen molar-refractivity contribution in [3.8, 4) is 11.4 Å². The number of anilines is 1. The summed E-state index contributed by atoms with van der Waals surface area (Å²) >= 11 is 1.40. The van der Waals surface area contributed by atoms with E-state index in [9.17, 15) is 9.59 Å². The summed E-state index contributed by atoms with van der Waals surface area (Å²) in [6, 6.07) is 11.2. The molecule has 154 valence electrons. The number of aromatic nitrogens is 4. The number of rotatable bonds is 8. The second kappa shape index (κ2) is 8.79. The molecule has 0 saturated heterocycles. The molecule has 1 aliphatic rings. The maximum atomic E-state index is 12.7. The zero-order valence-corrected chi connectivity index (χ0v) is 17.7. The number of carbonyl (C=O) groups is 2. The van der Waals surface area contributed by atoms with Gasteiger partial charge in [-0.3, -0.25) is 19.1 Å². The monoisotopic (exact) mass is 421 g/mol. The fourth-order valence-electron chi connectivity index (χ4n) is 2.97. The van der Waals surface area contributed by atoms with Gasteiger partial charge in [0.2, 0.25) is 5.91 Å². The summed E-state index contributed by atoms with van der Waals surface area (Å²) in [5, 5.41) is 12.3. The van der Waals surface area contributed by atoms with E-state index in [1.165, 1.54) is 11.8 Å². The highest BCUT2D eigenvalue weighted by Crippen LogP contribution is 2.41. The molecule has 1 amide bonds. The van der Waals surface area contributed by atoms with Crippen LogP contribution in [0.1, 0.15) is 43.1 Å². The molecule has 1 aliphatic carbocycles. The Morgan fingerprint density at radius 1 is 1.17 bits per heavy atom. The molecule has 30 heavy (non-hydrogen) atoms. The zero-order valence-electron chi connectivity index (χ0n) is 16.9. The van der Waals surface area contributed by atoms with Gasteiger partial charge in [-0.15, -0.1) is 10.2 Å². The molecule has 0 bridgehead atoms. The number of hydrogen-bond donors (Lipinski definition) is 1. The zero-order chi connectivity index (χ0) is 21.1. The number of thioether (sulfide) groups is 1. The molecule has 0 radical (unpaired) electrons. The Morgan fingerprint density at radius 2 is 1.93 bits per heavy atom. The van der Waals surface area contributed by atoms with Crippen molar-refractivity contribution < 1.29 is 9.59 Å². The van der Waals surface area contributed by atoms with E-state index in [1.807, 2.05) is 26.0 Å². The van der Waals surface area contributed by atoms with Gasteiger partial charge in [0, 0.05) is 41.2 Å². The van der Waals surface area contributed by atoms with Gasteiger partial charge in [0.15, 0.2) is 16.8 Å². The lowest BCUT2D eigenvalue weighted by Gasteiger charge is -2.09. The van der Waals surface area contributed by atoms with Gasteiger partial charge in [0.25, 0.3) is 0 Å². The fourth-order valence-corrected chi connectivity index (χ4v) is 3.87. The standard InChI is InChI=1S/C22H23N5O2S/c1-14(2)21(29)24-17-7-5-15(6-8-17)19(28)13-30-22-26-25-20(27(22)18-9-10-18)16-4-3-11-23-12-16/h3-8,11-12,14,18H,9-10,13H2,1-2H3,(H,24,29). The van der Waals surface area contributed by atoms with Gasteiger partial charge >= 0.3 is 0 Å². The molecule has 1 fully saturated rings. The van der Waals surface area contributed by atoms with Crippen LogP contribution in [0.4, 0.5) is 5.69 Å². The largest absolute Gasteiger partial charge is 0.326 e. The lowest BCUT2D eigenvalue weighted by atomic mass is 10.1. The molecule has 1 N–H and O–H groups in total. The molecule has 1 saturated carbocycles. The van der Waals surface area contributed by atoms with E-state index in [0.717, 1.165) is 29.4 Å². The highest BCUT2D eigenvalue weighted by atomic mass is 32.2. The van der Waals surface area contributed by atoms with E-state index in [-0.39, 0.29) is 23.4 Å². The summed E-state index contributed by atoms with van der Waals surface area (Å²) in [5.74, 6) is 0.938. The van der Waals surface area contributed by atoms with Crippen LogP contribution in [-0.4, -0.2) is 37.2 Å². The van der Waals surface area contributed by atoms with Crippen LogP contribution in [0, 0.1) is 5.92 Å². The molecule has 8 heteroatoms. The third-order valence-corrected chi connectivity index (χ3v) is 5.77. The number of carbonyl (C=O) groups excluding carboxylic acids is 2. The van der Waals surface area contributed by atoms with Gasteiger partial charge in [-0.25, -0.2) is 0 Å². The van der Waals surface area contributed by atoms with Crippen molar-refractivity contribution in [1.82, 2.24) is 19.7 Å². The Kier molecular flexibility index (Phi) is 5.94. The SMILES string of the molecule is CC(C)C(=O)Nc1ccc(C(=O)CSc2nnc(-c3cccnc3)n2C2CC2)cc1. The van der Waals surface area contributed by atoms with Gasteiger partial charge in [0.05, 0.1) is 5.75 Å². The quantitative estimate of drug-likeness (QED) is 0.432. The second-order valence-corrected chi connectivity index (χ2v) is 8.52. The summed E-state index contributed by atoms with van der Waals surface area (Å²) in [4.78, 5) is 28.6. The molecule has 0 spiro atoms.